The fraction of sp³-hybridized carbons (Fsp3) is 0.174. The van der Waals surface area contributed by atoms with Crippen molar-refractivity contribution < 1.29 is 4.74 Å². The molecule has 0 amide bonds. The molecular weight excluding hydrogens is 350 g/mol. The Hall–Kier alpha value is -3.31. The lowest BCUT2D eigenvalue weighted by Gasteiger charge is -2.13. The summed E-state index contributed by atoms with van der Waals surface area (Å²) in [6.45, 7) is 2.30. The molecule has 3 heterocycles. The van der Waals surface area contributed by atoms with E-state index in [0.717, 1.165) is 36.3 Å². The van der Waals surface area contributed by atoms with Crippen LogP contribution in [-0.2, 0) is 19.6 Å². The van der Waals surface area contributed by atoms with Gasteiger partial charge in [-0.1, -0.05) is 30.3 Å². The summed E-state index contributed by atoms with van der Waals surface area (Å²) in [6, 6.07) is 19.4. The van der Waals surface area contributed by atoms with E-state index >= 15 is 0 Å². The Morgan fingerprint density at radius 3 is 2.79 bits per heavy atom. The van der Waals surface area contributed by atoms with Crippen molar-refractivity contribution in [2.24, 2.45) is 0 Å². The van der Waals surface area contributed by atoms with Gasteiger partial charge in [-0.2, -0.15) is 0 Å². The predicted molar refractivity (Wildman–Crippen MR) is 110 cm³/mol. The second-order valence-corrected chi connectivity index (χ2v) is 7.08. The lowest BCUT2D eigenvalue weighted by atomic mass is 10.0. The number of benzene rings is 2. The zero-order valence-corrected chi connectivity index (χ0v) is 15.4. The molecule has 2 aromatic heterocycles. The van der Waals surface area contributed by atoms with E-state index in [1.807, 2.05) is 42.5 Å². The number of H-pyrrole nitrogens is 1. The van der Waals surface area contributed by atoms with E-state index in [-0.39, 0.29) is 5.56 Å². The zero-order valence-electron chi connectivity index (χ0n) is 15.4. The predicted octanol–water partition coefficient (Wildman–Crippen LogP) is 3.54. The maximum absolute atomic E-state index is 12.7. The second-order valence-electron chi connectivity index (χ2n) is 7.08. The number of aromatic amines is 1. The molecule has 5 rings (SSSR count). The molecule has 0 atom stereocenters. The minimum absolute atomic E-state index is 0.101. The van der Waals surface area contributed by atoms with Crippen LogP contribution < -0.4 is 15.6 Å². The molecule has 140 valence electrons. The van der Waals surface area contributed by atoms with Gasteiger partial charge in [-0.25, -0.2) is 0 Å². The highest BCUT2D eigenvalue weighted by atomic mass is 16.5. The van der Waals surface area contributed by atoms with Crippen molar-refractivity contribution in [3.63, 3.8) is 0 Å². The molecule has 0 bridgehead atoms. The number of nitrogens with one attached hydrogen (secondary N) is 2. The van der Waals surface area contributed by atoms with Gasteiger partial charge in [-0.05, 0) is 48.4 Å². The number of hydrogen-bond acceptors (Lipinski definition) is 3. The van der Waals surface area contributed by atoms with Gasteiger partial charge in [0.25, 0.3) is 5.56 Å². The maximum Gasteiger partial charge on any atom is 0.258 e. The Bertz CT molecular complexity index is 1190. The summed E-state index contributed by atoms with van der Waals surface area (Å²) in [5.41, 5.74) is 5.56. The van der Waals surface area contributed by atoms with E-state index in [1.54, 1.807) is 16.8 Å². The molecule has 0 saturated carbocycles. The molecule has 4 aromatic rings. The van der Waals surface area contributed by atoms with Gasteiger partial charge in [0.1, 0.15) is 12.4 Å². The van der Waals surface area contributed by atoms with Gasteiger partial charge in [0.2, 0.25) is 0 Å². The third-order valence-corrected chi connectivity index (χ3v) is 5.25. The quantitative estimate of drug-likeness (QED) is 0.577. The summed E-state index contributed by atoms with van der Waals surface area (Å²) in [6.07, 6.45) is 2.78. The summed E-state index contributed by atoms with van der Waals surface area (Å²) in [4.78, 5) is 16.2. The largest absolute Gasteiger partial charge is 0.489 e. The van der Waals surface area contributed by atoms with Crippen LogP contribution in [0, 0.1) is 0 Å². The van der Waals surface area contributed by atoms with E-state index in [2.05, 4.69) is 22.4 Å². The minimum atomic E-state index is -0.101. The Balaban J connectivity index is 1.44. The van der Waals surface area contributed by atoms with Gasteiger partial charge in [0, 0.05) is 41.1 Å². The van der Waals surface area contributed by atoms with Crippen LogP contribution in [0.3, 0.4) is 0 Å². The van der Waals surface area contributed by atoms with Crippen LogP contribution in [-0.4, -0.2) is 16.1 Å². The van der Waals surface area contributed by atoms with Crippen molar-refractivity contribution in [3.8, 4) is 11.4 Å². The van der Waals surface area contributed by atoms with Crippen LogP contribution in [0.1, 0.15) is 16.8 Å². The molecule has 0 spiro atoms. The SMILES string of the molecule is O=c1cc(OCc2ccccc2)ccn1-c1ccc2[nH]c3c(c2c1)CCNC3. The number of ether oxygens (including phenoxy) is 1. The minimum Gasteiger partial charge on any atom is -0.489 e. The van der Waals surface area contributed by atoms with Crippen LogP contribution >= 0.6 is 0 Å². The van der Waals surface area contributed by atoms with E-state index in [9.17, 15) is 4.79 Å². The fourth-order valence-electron chi connectivity index (χ4n) is 3.81. The highest BCUT2D eigenvalue weighted by molar-refractivity contribution is 5.86. The zero-order chi connectivity index (χ0) is 18.9. The van der Waals surface area contributed by atoms with Crippen LogP contribution in [0.25, 0.3) is 16.6 Å². The van der Waals surface area contributed by atoms with E-state index in [0.29, 0.717) is 12.4 Å². The van der Waals surface area contributed by atoms with Gasteiger partial charge in [-0.3, -0.25) is 9.36 Å². The van der Waals surface area contributed by atoms with Crippen LogP contribution in [0.5, 0.6) is 5.75 Å². The van der Waals surface area contributed by atoms with Crippen molar-refractivity contribution in [3.05, 3.63) is 94.0 Å². The van der Waals surface area contributed by atoms with Crippen molar-refractivity contribution in [2.75, 3.05) is 6.54 Å². The first-order chi connectivity index (χ1) is 13.8. The Labute approximate surface area is 162 Å². The third kappa shape index (κ3) is 3.10. The molecule has 5 nitrogen and oxygen atoms in total. The highest BCUT2D eigenvalue weighted by Crippen LogP contribution is 2.27. The molecule has 0 fully saturated rings. The highest BCUT2D eigenvalue weighted by Gasteiger charge is 2.15. The smallest absolute Gasteiger partial charge is 0.258 e. The normalized spacial score (nSPS) is 13.4. The molecule has 2 N–H and O–H groups in total. The molecular formula is C23H21N3O2. The number of aromatic nitrogens is 2. The van der Waals surface area contributed by atoms with Crippen LogP contribution in [0.15, 0.2) is 71.7 Å². The van der Waals surface area contributed by atoms with Crippen LogP contribution in [0.4, 0.5) is 0 Å². The van der Waals surface area contributed by atoms with E-state index in [1.165, 1.54) is 16.6 Å². The average molecular weight is 371 g/mol. The van der Waals surface area contributed by atoms with Gasteiger partial charge in [0.15, 0.2) is 0 Å². The molecule has 5 heteroatoms. The van der Waals surface area contributed by atoms with E-state index in [4.69, 9.17) is 4.74 Å². The molecule has 1 aliphatic heterocycles. The van der Waals surface area contributed by atoms with Gasteiger partial charge >= 0.3 is 0 Å². The molecule has 1 aliphatic rings. The topological polar surface area (TPSA) is 59.0 Å². The standard InChI is InChI=1S/C23H21N3O2/c27-23-13-18(28-15-16-4-2-1-3-5-16)9-11-26(23)17-6-7-21-20(12-17)19-8-10-24-14-22(19)25-21/h1-7,9,11-13,24-25H,8,10,14-15H2. The first-order valence-electron chi connectivity index (χ1n) is 9.52. The fourth-order valence-corrected chi connectivity index (χ4v) is 3.81. The monoisotopic (exact) mass is 371 g/mol. The van der Waals surface area contributed by atoms with Crippen molar-refractivity contribution in [2.45, 2.75) is 19.6 Å². The lowest BCUT2D eigenvalue weighted by molar-refractivity contribution is 0.305. The number of fused-ring (bicyclic) bond motifs is 3. The van der Waals surface area contributed by atoms with Crippen molar-refractivity contribution >= 4 is 10.9 Å². The molecule has 0 saturated heterocycles. The molecule has 0 radical (unpaired) electrons. The Morgan fingerprint density at radius 2 is 1.93 bits per heavy atom. The second kappa shape index (κ2) is 7.02. The Morgan fingerprint density at radius 1 is 1.04 bits per heavy atom. The third-order valence-electron chi connectivity index (χ3n) is 5.25. The molecule has 2 aromatic carbocycles. The molecule has 0 aliphatic carbocycles. The molecule has 0 unspecified atom stereocenters. The number of pyridine rings is 1. The summed E-state index contributed by atoms with van der Waals surface area (Å²) >= 11 is 0. The summed E-state index contributed by atoms with van der Waals surface area (Å²) in [5, 5.41) is 4.59. The number of hydrogen-bond donors (Lipinski definition) is 2. The summed E-state index contributed by atoms with van der Waals surface area (Å²) in [7, 11) is 0. The first kappa shape index (κ1) is 16.8. The summed E-state index contributed by atoms with van der Waals surface area (Å²) < 4.78 is 7.43. The van der Waals surface area contributed by atoms with Gasteiger partial charge in [-0.15, -0.1) is 0 Å². The first-order valence-corrected chi connectivity index (χ1v) is 9.52. The van der Waals surface area contributed by atoms with E-state index < -0.39 is 0 Å². The van der Waals surface area contributed by atoms with Gasteiger partial charge in [0.05, 0.1) is 0 Å². The lowest BCUT2D eigenvalue weighted by Crippen LogP contribution is -2.23. The van der Waals surface area contributed by atoms with Crippen molar-refractivity contribution in [1.82, 2.24) is 14.9 Å². The number of rotatable bonds is 4. The van der Waals surface area contributed by atoms with Crippen LogP contribution in [0.2, 0.25) is 0 Å². The average Bonchev–Trinajstić information content (AvgIpc) is 3.11. The Kier molecular flexibility index (Phi) is 4.22. The maximum atomic E-state index is 12.7. The van der Waals surface area contributed by atoms with Crippen molar-refractivity contribution in [1.29, 1.82) is 0 Å². The molecule has 28 heavy (non-hydrogen) atoms. The number of nitrogens with zero attached hydrogens (tertiary/aromatic N) is 1. The summed E-state index contributed by atoms with van der Waals surface area (Å²) in [5.74, 6) is 0.580. The van der Waals surface area contributed by atoms with Gasteiger partial charge < -0.3 is 15.0 Å².